The third-order valence-electron chi connectivity index (χ3n) is 3.34. The first-order valence-electron chi connectivity index (χ1n) is 7.62. The van der Waals surface area contributed by atoms with Gasteiger partial charge in [0.1, 0.15) is 11.5 Å². The molecule has 0 spiro atoms. The van der Waals surface area contributed by atoms with Crippen molar-refractivity contribution in [3.63, 3.8) is 0 Å². The van der Waals surface area contributed by atoms with Crippen molar-refractivity contribution in [3.8, 4) is 11.5 Å². The van der Waals surface area contributed by atoms with E-state index in [-0.39, 0.29) is 0 Å². The largest absolute Gasteiger partial charge is 0.457 e. The van der Waals surface area contributed by atoms with E-state index in [4.69, 9.17) is 9.57 Å². The first kappa shape index (κ1) is 16.3. The summed E-state index contributed by atoms with van der Waals surface area (Å²) in [6.45, 7) is 0. The van der Waals surface area contributed by atoms with Gasteiger partial charge in [0.2, 0.25) is 0 Å². The molecule has 0 aliphatic heterocycles. The third kappa shape index (κ3) is 4.45. The van der Waals surface area contributed by atoms with Crippen LogP contribution in [0, 0.1) is 0 Å². The molecule has 0 heterocycles. The van der Waals surface area contributed by atoms with Crippen molar-refractivity contribution in [2.75, 3.05) is 0 Å². The number of benzene rings is 3. The average molecular weight is 333 g/mol. The van der Waals surface area contributed by atoms with Gasteiger partial charge in [-0.25, -0.2) is 4.79 Å². The van der Waals surface area contributed by atoms with Gasteiger partial charge in [0.25, 0.3) is 5.91 Å². The van der Waals surface area contributed by atoms with Crippen LogP contribution in [0.3, 0.4) is 0 Å². The van der Waals surface area contributed by atoms with Gasteiger partial charge in [-0.3, -0.25) is 4.79 Å². The summed E-state index contributed by atoms with van der Waals surface area (Å²) in [6, 6.07) is 24.2. The van der Waals surface area contributed by atoms with Crippen molar-refractivity contribution in [1.82, 2.24) is 5.48 Å². The van der Waals surface area contributed by atoms with Crippen molar-refractivity contribution in [2.24, 2.45) is 0 Å². The van der Waals surface area contributed by atoms with Crippen molar-refractivity contribution in [1.29, 1.82) is 0 Å². The molecule has 3 rings (SSSR count). The summed E-state index contributed by atoms with van der Waals surface area (Å²) >= 11 is 0. The molecule has 5 heteroatoms. The van der Waals surface area contributed by atoms with Crippen LogP contribution in [-0.4, -0.2) is 11.9 Å². The van der Waals surface area contributed by atoms with Crippen LogP contribution < -0.4 is 10.2 Å². The van der Waals surface area contributed by atoms with Crippen LogP contribution in [0.5, 0.6) is 11.5 Å². The van der Waals surface area contributed by atoms with Gasteiger partial charge >= 0.3 is 5.97 Å². The average Bonchev–Trinajstić information content (AvgIpc) is 2.68. The molecule has 5 nitrogen and oxygen atoms in total. The second-order valence-corrected chi connectivity index (χ2v) is 5.13. The van der Waals surface area contributed by atoms with Gasteiger partial charge in [-0.2, -0.15) is 5.48 Å². The second-order valence-electron chi connectivity index (χ2n) is 5.13. The van der Waals surface area contributed by atoms with E-state index in [1.807, 2.05) is 30.3 Å². The Balaban J connectivity index is 1.56. The van der Waals surface area contributed by atoms with Crippen LogP contribution in [0.25, 0.3) is 0 Å². The quantitative estimate of drug-likeness (QED) is 0.734. The van der Waals surface area contributed by atoms with E-state index in [1.54, 1.807) is 54.6 Å². The van der Waals surface area contributed by atoms with Crippen molar-refractivity contribution < 1.29 is 19.2 Å². The highest BCUT2D eigenvalue weighted by molar-refractivity contribution is 5.96. The highest BCUT2D eigenvalue weighted by Gasteiger charge is 2.11. The van der Waals surface area contributed by atoms with E-state index < -0.39 is 11.9 Å². The maximum absolute atomic E-state index is 12.0. The molecule has 3 aromatic carbocycles. The molecule has 1 amide bonds. The summed E-state index contributed by atoms with van der Waals surface area (Å²) in [6.07, 6.45) is 0. The van der Waals surface area contributed by atoms with E-state index in [0.29, 0.717) is 22.6 Å². The Morgan fingerprint density at radius 1 is 0.640 bits per heavy atom. The zero-order valence-corrected chi connectivity index (χ0v) is 13.2. The van der Waals surface area contributed by atoms with E-state index in [1.165, 1.54) is 0 Å². The summed E-state index contributed by atoms with van der Waals surface area (Å²) in [4.78, 5) is 28.6. The van der Waals surface area contributed by atoms with Gasteiger partial charge in [0.05, 0.1) is 5.56 Å². The fourth-order valence-corrected chi connectivity index (χ4v) is 2.08. The number of nitrogens with one attached hydrogen (secondary N) is 1. The molecule has 0 aliphatic carbocycles. The topological polar surface area (TPSA) is 64.6 Å². The minimum Gasteiger partial charge on any atom is -0.457 e. The minimum atomic E-state index is -0.627. The molecule has 0 aliphatic rings. The molecule has 0 unspecified atom stereocenters. The fourth-order valence-electron chi connectivity index (χ4n) is 2.08. The summed E-state index contributed by atoms with van der Waals surface area (Å²) in [5, 5.41) is 0. The summed E-state index contributed by atoms with van der Waals surface area (Å²) in [5.74, 6) is 0.161. The summed E-state index contributed by atoms with van der Waals surface area (Å²) in [7, 11) is 0. The van der Waals surface area contributed by atoms with Gasteiger partial charge in [0.15, 0.2) is 0 Å². The third-order valence-corrected chi connectivity index (χ3v) is 3.34. The number of hydroxylamine groups is 1. The highest BCUT2D eigenvalue weighted by Crippen LogP contribution is 2.21. The lowest BCUT2D eigenvalue weighted by Gasteiger charge is -2.08. The van der Waals surface area contributed by atoms with Crippen LogP contribution in [-0.2, 0) is 4.84 Å². The van der Waals surface area contributed by atoms with Crippen LogP contribution in [0.15, 0.2) is 84.9 Å². The van der Waals surface area contributed by atoms with Crippen LogP contribution in [0.4, 0.5) is 0 Å². The van der Waals surface area contributed by atoms with E-state index in [9.17, 15) is 9.59 Å². The first-order chi connectivity index (χ1) is 12.2. The maximum Gasteiger partial charge on any atom is 0.362 e. The lowest BCUT2D eigenvalue weighted by atomic mass is 10.2. The van der Waals surface area contributed by atoms with Crippen LogP contribution in [0.2, 0.25) is 0 Å². The fraction of sp³-hybridized carbons (Fsp3) is 0. The Kier molecular flexibility index (Phi) is 5.07. The van der Waals surface area contributed by atoms with Gasteiger partial charge in [-0.05, 0) is 48.5 Å². The molecule has 124 valence electrons. The second kappa shape index (κ2) is 7.79. The van der Waals surface area contributed by atoms with Crippen LogP contribution >= 0.6 is 0 Å². The van der Waals surface area contributed by atoms with E-state index in [2.05, 4.69) is 5.48 Å². The lowest BCUT2D eigenvalue weighted by Crippen LogP contribution is -2.27. The number of carbonyl (C=O) groups excluding carboxylic acids is 2. The molecule has 0 aromatic heterocycles. The molecule has 25 heavy (non-hydrogen) atoms. The van der Waals surface area contributed by atoms with Crippen LogP contribution in [0.1, 0.15) is 20.7 Å². The Morgan fingerprint density at radius 3 is 1.84 bits per heavy atom. The van der Waals surface area contributed by atoms with E-state index >= 15 is 0 Å². The number of para-hydroxylation sites is 1. The number of ether oxygens (including phenoxy) is 1. The summed E-state index contributed by atoms with van der Waals surface area (Å²) in [5.41, 5.74) is 2.84. The van der Waals surface area contributed by atoms with Crippen molar-refractivity contribution >= 4 is 11.9 Å². The molecule has 0 bridgehead atoms. The molecule has 0 saturated heterocycles. The Morgan fingerprint density at radius 2 is 1.20 bits per heavy atom. The highest BCUT2D eigenvalue weighted by atomic mass is 16.7. The number of amides is 1. The van der Waals surface area contributed by atoms with Crippen molar-refractivity contribution in [3.05, 3.63) is 96.1 Å². The zero-order valence-electron chi connectivity index (χ0n) is 13.2. The summed E-state index contributed by atoms with van der Waals surface area (Å²) < 4.78 is 5.65. The molecule has 0 radical (unpaired) electrons. The molecular weight excluding hydrogens is 318 g/mol. The zero-order chi connectivity index (χ0) is 17.5. The Bertz CT molecular complexity index is 846. The maximum atomic E-state index is 12.0. The van der Waals surface area contributed by atoms with Crippen molar-refractivity contribution in [2.45, 2.75) is 0 Å². The molecule has 0 fully saturated rings. The molecule has 1 N–H and O–H groups in total. The SMILES string of the molecule is O=C(NOC(=O)c1ccccc1)c1ccc(Oc2ccccc2)cc1. The first-order valence-corrected chi connectivity index (χ1v) is 7.62. The Hall–Kier alpha value is -3.60. The predicted molar refractivity (Wildman–Crippen MR) is 92.3 cm³/mol. The number of carbonyl (C=O) groups is 2. The van der Waals surface area contributed by atoms with E-state index in [0.717, 1.165) is 0 Å². The minimum absolute atomic E-state index is 0.348. The lowest BCUT2D eigenvalue weighted by molar-refractivity contribution is 0.0230. The van der Waals surface area contributed by atoms with Gasteiger partial charge in [-0.1, -0.05) is 36.4 Å². The monoisotopic (exact) mass is 333 g/mol. The molecular formula is C20H15NO4. The molecule has 3 aromatic rings. The normalized spacial score (nSPS) is 9.92. The molecule has 0 saturated carbocycles. The standard InChI is InChI=1S/C20H15NO4/c22-19(21-25-20(23)16-7-3-1-4-8-16)15-11-13-18(14-12-15)24-17-9-5-2-6-10-17/h1-14H,(H,21,22). The van der Waals surface area contributed by atoms with Gasteiger partial charge < -0.3 is 9.57 Å². The Labute approximate surface area is 144 Å². The number of hydrogen-bond donors (Lipinski definition) is 1. The molecule has 0 atom stereocenters. The number of rotatable bonds is 4. The predicted octanol–water partition coefficient (Wildman–Crippen LogP) is 3.98. The van der Waals surface area contributed by atoms with Gasteiger partial charge in [0, 0.05) is 5.56 Å². The van der Waals surface area contributed by atoms with Gasteiger partial charge in [-0.15, -0.1) is 0 Å². The smallest absolute Gasteiger partial charge is 0.362 e. The number of hydrogen-bond acceptors (Lipinski definition) is 4.